The van der Waals surface area contributed by atoms with Gasteiger partial charge in [-0.05, 0) is 18.2 Å². The van der Waals surface area contributed by atoms with Crippen LogP contribution in [0.2, 0.25) is 0 Å². The number of ether oxygens (including phenoxy) is 1. The SMILES string of the molecule is O=C(Nc1ccccc1C(F)(F)F)N1CC(Oc2cccc(C(F)(F)F)n2)C1. The monoisotopic (exact) mass is 405 g/mol. The number of hydrogen-bond acceptors (Lipinski definition) is 3. The number of benzene rings is 1. The Bertz CT molecular complexity index is 862. The van der Waals surface area contributed by atoms with Crippen LogP contribution in [0.1, 0.15) is 11.3 Å². The average molecular weight is 405 g/mol. The standard InChI is InChI=1S/C17H13F6N3O2/c18-16(19,20)11-4-1-2-5-12(11)24-15(27)26-8-10(9-26)28-14-7-3-6-13(25-14)17(21,22)23/h1-7,10H,8-9H2,(H,24,27). The quantitative estimate of drug-likeness (QED) is 0.770. The molecule has 1 N–H and O–H groups in total. The topological polar surface area (TPSA) is 54.5 Å². The Morgan fingerprint density at radius 2 is 1.68 bits per heavy atom. The van der Waals surface area contributed by atoms with Crippen LogP contribution in [0.15, 0.2) is 42.5 Å². The fourth-order valence-corrected chi connectivity index (χ4v) is 2.52. The van der Waals surface area contributed by atoms with Crippen LogP contribution in [0, 0.1) is 0 Å². The number of nitrogens with zero attached hydrogens (tertiary/aromatic N) is 2. The van der Waals surface area contributed by atoms with Gasteiger partial charge in [0.1, 0.15) is 11.8 Å². The molecule has 2 heterocycles. The molecule has 1 aromatic carbocycles. The number of nitrogens with one attached hydrogen (secondary N) is 1. The molecule has 0 radical (unpaired) electrons. The number of rotatable bonds is 3. The van der Waals surface area contributed by atoms with Gasteiger partial charge in [-0.2, -0.15) is 26.3 Å². The predicted octanol–water partition coefficient (Wildman–Crippen LogP) is 4.41. The number of pyridine rings is 1. The molecule has 0 bridgehead atoms. The van der Waals surface area contributed by atoms with Crippen LogP contribution < -0.4 is 10.1 Å². The molecule has 0 spiro atoms. The zero-order valence-corrected chi connectivity index (χ0v) is 14.0. The molecule has 3 rings (SSSR count). The largest absolute Gasteiger partial charge is 0.471 e. The Morgan fingerprint density at radius 1 is 1.00 bits per heavy atom. The third-order valence-corrected chi connectivity index (χ3v) is 3.91. The lowest BCUT2D eigenvalue weighted by Crippen LogP contribution is -2.57. The van der Waals surface area contributed by atoms with E-state index >= 15 is 0 Å². The molecule has 11 heteroatoms. The van der Waals surface area contributed by atoms with Crippen molar-refractivity contribution in [1.82, 2.24) is 9.88 Å². The van der Waals surface area contributed by atoms with Gasteiger partial charge >= 0.3 is 18.4 Å². The number of carbonyl (C=O) groups excluding carboxylic acids is 1. The first-order chi connectivity index (χ1) is 13.0. The first-order valence-corrected chi connectivity index (χ1v) is 7.97. The molecular formula is C17H13F6N3O2. The highest BCUT2D eigenvalue weighted by molar-refractivity contribution is 5.90. The Morgan fingerprint density at radius 3 is 2.32 bits per heavy atom. The van der Waals surface area contributed by atoms with Crippen LogP contribution in [-0.4, -0.2) is 35.1 Å². The lowest BCUT2D eigenvalue weighted by Gasteiger charge is -2.38. The lowest BCUT2D eigenvalue weighted by atomic mass is 10.1. The maximum absolute atomic E-state index is 12.9. The van der Waals surface area contributed by atoms with Crippen molar-refractivity contribution < 1.29 is 35.9 Å². The molecule has 0 unspecified atom stereocenters. The van der Waals surface area contributed by atoms with Gasteiger partial charge < -0.3 is 15.0 Å². The second-order valence-electron chi connectivity index (χ2n) is 5.98. The van der Waals surface area contributed by atoms with Crippen molar-refractivity contribution in [2.24, 2.45) is 0 Å². The Labute approximate surface area is 154 Å². The number of alkyl halides is 6. The maximum Gasteiger partial charge on any atom is 0.433 e. The fraction of sp³-hybridized carbons (Fsp3) is 0.294. The summed E-state index contributed by atoms with van der Waals surface area (Å²) in [6.45, 7) is -0.00408. The highest BCUT2D eigenvalue weighted by Gasteiger charge is 2.37. The van der Waals surface area contributed by atoms with Crippen molar-refractivity contribution in [3.8, 4) is 5.88 Å². The Hall–Kier alpha value is -2.98. The van der Waals surface area contributed by atoms with Crippen LogP contribution in [0.25, 0.3) is 0 Å². The van der Waals surface area contributed by atoms with E-state index in [1.807, 2.05) is 0 Å². The smallest absolute Gasteiger partial charge is 0.433 e. The van der Waals surface area contributed by atoms with E-state index in [-0.39, 0.29) is 24.7 Å². The molecule has 1 aliphatic heterocycles. The Kier molecular flexibility index (Phi) is 5.09. The molecule has 5 nitrogen and oxygen atoms in total. The van der Waals surface area contributed by atoms with Crippen LogP contribution in [0.5, 0.6) is 5.88 Å². The molecular weight excluding hydrogens is 392 g/mol. The summed E-state index contributed by atoms with van der Waals surface area (Å²) in [6.07, 6.45) is -9.85. The van der Waals surface area contributed by atoms with E-state index in [4.69, 9.17) is 4.74 Å². The molecule has 1 aromatic heterocycles. The zero-order chi connectivity index (χ0) is 20.5. The van der Waals surface area contributed by atoms with Gasteiger partial charge in [-0.1, -0.05) is 18.2 Å². The molecule has 0 atom stereocenters. The van der Waals surface area contributed by atoms with Crippen molar-refractivity contribution in [2.45, 2.75) is 18.5 Å². The van der Waals surface area contributed by atoms with E-state index in [1.54, 1.807) is 0 Å². The van der Waals surface area contributed by atoms with E-state index in [2.05, 4.69) is 10.3 Å². The molecule has 150 valence electrons. The molecule has 28 heavy (non-hydrogen) atoms. The molecule has 1 aliphatic rings. The molecule has 0 saturated carbocycles. The van der Waals surface area contributed by atoms with Crippen molar-refractivity contribution in [2.75, 3.05) is 18.4 Å². The minimum absolute atomic E-state index is 0.00204. The normalized spacial score (nSPS) is 15.1. The highest BCUT2D eigenvalue weighted by Crippen LogP contribution is 2.35. The first-order valence-electron chi connectivity index (χ1n) is 7.97. The molecule has 2 aromatic rings. The van der Waals surface area contributed by atoms with E-state index in [1.165, 1.54) is 23.1 Å². The van der Waals surface area contributed by atoms with Gasteiger partial charge in [0.15, 0.2) is 0 Å². The van der Waals surface area contributed by atoms with Crippen LogP contribution in [-0.2, 0) is 12.4 Å². The van der Waals surface area contributed by atoms with Gasteiger partial charge in [0.25, 0.3) is 0 Å². The van der Waals surface area contributed by atoms with E-state index in [0.717, 1.165) is 24.3 Å². The lowest BCUT2D eigenvalue weighted by molar-refractivity contribution is -0.141. The summed E-state index contributed by atoms with van der Waals surface area (Å²) in [4.78, 5) is 16.6. The molecule has 1 saturated heterocycles. The molecule has 2 amide bonds. The van der Waals surface area contributed by atoms with Gasteiger partial charge in [0, 0.05) is 6.07 Å². The van der Waals surface area contributed by atoms with E-state index in [0.29, 0.717) is 0 Å². The second-order valence-corrected chi connectivity index (χ2v) is 5.98. The number of carbonyl (C=O) groups is 1. The van der Waals surface area contributed by atoms with Crippen molar-refractivity contribution in [3.05, 3.63) is 53.7 Å². The minimum Gasteiger partial charge on any atom is -0.471 e. The number of urea groups is 1. The van der Waals surface area contributed by atoms with Gasteiger partial charge in [-0.3, -0.25) is 0 Å². The number of halogens is 6. The second kappa shape index (κ2) is 7.21. The highest BCUT2D eigenvalue weighted by atomic mass is 19.4. The van der Waals surface area contributed by atoms with Crippen molar-refractivity contribution in [3.63, 3.8) is 0 Å². The summed E-state index contributed by atoms with van der Waals surface area (Å²) in [5, 5.41) is 2.18. The molecule has 1 fully saturated rings. The molecule has 0 aliphatic carbocycles. The summed E-state index contributed by atoms with van der Waals surface area (Å²) in [5.41, 5.74) is -2.48. The van der Waals surface area contributed by atoms with Crippen LogP contribution in [0.3, 0.4) is 0 Å². The first kappa shape index (κ1) is 19.8. The van der Waals surface area contributed by atoms with Gasteiger partial charge in [0.05, 0.1) is 24.3 Å². The summed E-state index contributed by atoms with van der Waals surface area (Å²) in [5.74, 6) is -0.248. The third kappa shape index (κ3) is 4.46. The Balaban J connectivity index is 1.57. The van der Waals surface area contributed by atoms with Gasteiger partial charge in [0.2, 0.25) is 5.88 Å². The van der Waals surface area contributed by atoms with E-state index in [9.17, 15) is 31.1 Å². The summed E-state index contributed by atoms with van der Waals surface area (Å²) >= 11 is 0. The number of hydrogen-bond donors (Lipinski definition) is 1. The summed E-state index contributed by atoms with van der Waals surface area (Å²) in [7, 11) is 0. The van der Waals surface area contributed by atoms with Crippen molar-refractivity contribution >= 4 is 11.7 Å². The summed E-state index contributed by atoms with van der Waals surface area (Å²) in [6, 6.07) is 6.94. The van der Waals surface area contributed by atoms with Crippen molar-refractivity contribution in [1.29, 1.82) is 0 Å². The maximum atomic E-state index is 12.9. The fourth-order valence-electron chi connectivity index (χ4n) is 2.52. The number of para-hydroxylation sites is 1. The van der Waals surface area contributed by atoms with Gasteiger partial charge in [-0.25, -0.2) is 9.78 Å². The van der Waals surface area contributed by atoms with Crippen LogP contribution in [0.4, 0.5) is 36.8 Å². The predicted molar refractivity (Wildman–Crippen MR) is 85.7 cm³/mol. The number of amides is 2. The average Bonchev–Trinajstić information content (AvgIpc) is 2.56. The van der Waals surface area contributed by atoms with E-state index < -0.39 is 35.7 Å². The summed E-state index contributed by atoms with van der Waals surface area (Å²) < 4.78 is 82.0. The van der Waals surface area contributed by atoms with Gasteiger partial charge in [-0.15, -0.1) is 0 Å². The zero-order valence-electron chi connectivity index (χ0n) is 14.0. The third-order valence-electron chi connectivity index (χ3n) is 3.91. The van der Waals surface area contributed by atoms with Crippen LogP contribution >= 0.6 is 0 Å². The number of likely N-dealkylation sites (tertiary alicyclic amines) is 1. The number of aromatic nitrogens is 1. The number of anilines is 1. The minimum atomic E-state index is -4.63.